The van der Waals surface area contributed by atoms with Gasteiger partial charge in [0.15, 0.2) is 0 Å². The zero-order chi connectivity index (χ0) is 20.8. The van der Waals surface area contributed by atoms with Gasteiger partial charge in [0.1, 0.15) is 0 Å². The Morgan fingerprint density at radius 3 is 2.45 bits per heavy atom. The van der Waals surface area contributed by atoms with Gasteiger partial charge in [-0.3, -0.25) is 9.52 Å². The number of alkyl halides is 2. The van der Waals surface area contributed by atoms with Crippen LogP contribution in [0.3, 0.4) is 0 Å². The van der Waals surface area contributed by atoms with E-state index in [0.29, 0.717) is 28.4 Å². The van der Waals surface area contributed by atoms with Crippen LogP contribution in [0.15, 0.2) is 42.5 Å². The van der Waals surface area contributed by atoms with Crippen LogP contribution in [-0.2, 0) is 27.0 Å². The third-order valence-corrected chi connectivity index (χ3v) is 6.70. The lowest BCUT2D eigenvalue weighted by molar-refractivity contribution is -0.124. The van der Waals surface area contributed by atoms with Gasteiger partial charge in [-0.05, 0) is 47.9 Å². The van der Waals surface area contributed by atoms with E-state index in [1.165, 1.54) is 4.90 Å². The second-order valence-electron chi connectivity index (χ2n) is 7.51. The highest BCUT2D eigenvalue weighted by Crippen LogP contribution is 2.44. The lowest BCUT2D eigenvalue weighted by Gasteiger charge is -2.44. The van der Waals surface area contributed by atoms with Crippen molar-refractivity contribution < 1.29 is 22.0 Å². The minimum Gasteiger partial charge on any atom is -0.309 e. The predicted molar refractivity (Wildman–Crippen MR) is 108 cm³/mol. The molecule has 2 aromatic rings. The Hall–Kier alpha value is -2.19. The van der Waals surface area contributed by atoms with Crippen LogP contribution in [0.4, 0.5) is 20.2 Å². The highest BCUT2D eigenvalue weighted by atomic mass is 35.5. The fraction of sp³-hybridized carbons (Fsp3) is 0.350. The Labute approximate surface area is 172 Å². The molecule has 0 aromatic heterocycles. The van der Waals surface area contributed by atoms with Crippen molar-refractivity contribution in [3.8, 4) is 0 Å². The van der Waals surface area contributed by atoms with E-state index in [-0.39, 0.29) is 30.9 Å². The monoisotopic (exact) mass is 440 g/mol. The largest absolute Gasteiger partial charge is 0.309 e. The van der Waals surface area contributed by atoms with Crippen LogP contribution < -0.4 is 9.62 Å². The van der Waals surface area contributed by atoms with Crippen LogP contribution >= 0.6 is 11.6 Å². The maximum Gasteiger partial charge on any atom is 0.252 e. The third kappa shape index (κ3) is 4.38. The standard InChI is InChI=1S/C20H19ClF2N2O3S/c21-15-4-1-13(2-5-15)12-29(27,28)24-16-6-7-18-14(9-16)3-8-19(26)25(18)17-10-20(22,23)11-17/h1-2,4-7,9,17,24H,3,8,10-12H2. The van der Waals surface area contributed by atoms with Crippen LogP contribution in [0.5, 0.6) is 0 Å². The lowest BCUT2D eigenvalue weighted by Crippen LogP contribution is -2.54. The molecule has 1 aliphatic carbocycles. The molecule has 0 spiro atoms. The van der Waals surface area contributed by atoms with Gasteiger partial charge in [0, 0.05) is 41.7 Å². The predicted octanol–water partition coefficient (Wildman–Crippen LogP) is 4.36. The number of nitrogens with zero attached hydrogens (tertiary/aromatic N) is 1. The van der Waals surface area contributed by atoms with Crippen molar-refractivity contribution in [1.82, 2.24) is 0 Å². The number of nitrogens with one attached hydrogen (secondary N) is 1. The van der Waals surface area contributed by atoms with Gasteiger partial charge in [0.25, 0.3) is 5.92 Å². The molecule has 1 fully saturated rings. The van der Waals surface area contributed by atoms with E-state index in [1.54, 1.807) is 42.5 Å². The topological polar surface area (TPSA) is 66.5 Å². The molecule has 5 nitrogen and oxygen atoms in total. The molecule has 2 aromatic carbocycles. The fourth-order valence-electron chi connectivity index (χ4n) is 3.81. The number of carbonyl (C=O) groups excluding carboxylic acids is 1. The van der Waals surface area contributed by atoms with E-state index < -0.39 is 22.0 Å². The van der Waals surface area contributed by atoms with Crippen LogP contribution in [0.2, 0.25) is 5.02 Å². The van der Waals surface area contributed by atoms with Gasteiger partial charge in [0.2, 0.25) is 15.9 Å². The van der Waals surface area contributed by atoms with Gasteiger partial charge in [-0.2, -0.15) is 0 Å². The maximum absolute atomic E-state index is 13.3. The number of benzene rings is 2. The first-order chi connectivity index (χ1) is 13.6. The molecule has 0 unspecified atom stereocenters. The summed E-state index contributed by atoms with van der Waals surface area (Å²) < 4.78 is 54.1. The molecule has 0 radical (unpaired) electrons. The van der Waals surface area contributed by atoms with Gasteiger partial charge in [-0.1, -0.05) is 23.7 Å². The normalized spacial score (nSPS) is 18.9. The quantitative estimate of drug-likeness (QED) is 0.751. The Morgan fingerprint density at radius 1 is 1.10 bits per heavy atom. The number of hydrogen-bond acceptors (Lipinski definition) is 3. The number of carbonyl (C=O) groups is 1. The van der Waals surface area contributed by atoms with Crippen molar-refractivity contribution >= 4 is 38.9 Å². The summed E-state index contributed by atoms with van der Waals surface area (Å²) in [7, 11) is -3.65. The van der Waals surface area contributed by atoms with Crippen molar-refractivity contribution in [1.29, 1.82) is 0 Å². The SMILES string of the molecule is O=C1CCc2cc(NS(=O)(=O)Cc3ccc(Cl)cc3)ccc2N1C1CC(F)(F)C1. The van der Waals surface area contributed by atoms with Gasteiger partial charge in [0.05, 0.1) is 5.75 Å². The number of halogens is 3. The van der Waals surface area contributed by atoms with Gasteiger partial charge < -0.3 is 4.90 Å². The molecule has 2 aliphatic rings. The Morgan fingerprint density at radius 2 is 1.79 bits per heavy atom. The highest BCUT2D eigenvalue weighted by molar-refractivity contribution is 7.91. The molecular weight excluding hydrogens is 422 g/mol. The van der Waals surface area contributed by atoms with E-state index in [4.69, 9.17) is 11.6 Å². The first-order valence-electron chi connectivity index (χ1n) is 9.20. The lowest BCUT2D eigenvalue weighted by atomic mass is 9.84. The summed E-state index contributed by atoms with van der Waals surface area (Å²) in [5.74, 6) is -3.10. The summed E-state index contributed by atoms with van der Waals surface area (Å²) in [4.78, 5) is 13.7. The Kier molecular flexibility index (Phi) is 5.02. The summed E-state index contributed by atoms with van der Waals surface area (Å²) in [5, 5.41) is 0.525. The average molecular weight is 441 g/mol. The molecule has 0 bridgehead atoms. The van der Waals surface area contributed by atoms with Crippen LogP contribution in [-0.4, -0.2) is 26.3 Å². The molecule has 1 heterocycles. The first kappa shape index (κ1) is 20.1. The molecule has 9 heteroatoms. The molecule has 1 aliphatic heterocycles. The fourth-order valence-corrected chi connectivity index (χ4v) is 5.12. The minimum absolute atomic E-state index is 0.172. The Bertz CT molecular complexity index is 1050. The number of aryl methyl sites for hydroxylation is 1. The number of hydrogen-bond donors (Lipinski definition) is 1. The molecule has 1 saturated carbocycles. The van der Waals surface area contributed by atoms with Gasteiger partial charge in [-0.15, -0.1) is 0 Å². The summed E-state index contributed by atoms with van der Waals surface area (Å²) in [6.45, 7) is 0. The number of fused-ring (bicyclic) bond motifs is 1. The summed E-state index contributed by atoms with van der Waals surface area (Å²) >= 11 is 5.82. The molecule has 1 N–H and O–H groups in total. The molecule has 29 heavy (non-hydrogen) atoms. The summed E-state index contributed by atoms with van der Waals surface area (Å²) in [6, 6.07) is 10.9. The average Bonchev–Trinajstić information content (AvgIpc) is 2.61. The maximum atomic E-state index is 13.3. The van der Waals surface area contributed by atoms with Gasteiger partial charge in [-0.25, -0.2) is 17.2 Å². The molecule has 1 amide bonds. The third-order valence-electron chi connectivity index (χ3n) is 5.19. The second-order valence-corrected chi connectivity index (χ2v) is 9.67. The molecular formula is C20H19ClF2N2O3S. The van der Waals surface area contributed by atoms with Crippen LogP contribution in [0.25, 0.3) is 0 Å². The van der Waals surface area contributed by atoms with E-state index in [9.17, 15) is 22.0 Å². The molecule has 0 atom stereocenters. The van der Waals surface area contributed by atoms with E-state index in [2.05, 4.69) is 4.72 Å². The second kappa shape index (κ2) is 7.25. The Balaban J connectivity index is 1.52. The molecule has 0 saturated heterocycles. The number of anilines is 2. The van der Waals surface area contributed by atoms with Crippen molar-refractivity contribution in [2.24, 2.45) is 0 Å². The number of sulfonamides is 1. The van der Waals surface area contributed by atoms with Crippen molar-refractivity contribution in [2.75, 3.05) is 9.62 Å². The van der Waals surface area contributed by atoms with E-state index in [1.807, 2.05) is 0 Å². The first-order valence-corrected chi connectivity index (χ1v) is 11.2. The summed E-state index contributed by atoms with van der Waals surface area (Å²) in [5.41, 5.74) is 2.34. The molecule has 154 valence electrons. The van der Waals surface area contributed by atoms with Crippen molar-refractivity contribution in [2.45, 2.75) is 43.4 Å². The van der Waals surface area contributed by atoms with Crippen LogP contribution in [0, 0.1) is 0 Å². The highest BCUT2D eigenvalue weighted by Gasteiger charge is 2.50. The van der Waals surface area contributed by atoms with E-state index >= 15 is 0 Å². The van der Waals surface area contributed by atoms with Gasteiger partial charge >= 0.3 is 0 Å². The zero-order valence-electron chi connectivity index (χ0n) is 15.4. The minimum atomic E-state index is -3.65. The molecule has 4 rings (SSSR count). The number of amides is 1. The zero-order valence-corrected chi connectivity index (χ0v) is 16.9. The van der Waals surface area contributed by atoms with Crippen molar-refractivity contribution in [3.63, 3.8) is 0 Å². The summed E-state index contributed by atoms with van der Waals surface area (Å²) in [6.07, 6.45) is -0.0160. The number of rotatable bonds is 5. The smallest absolute Gasteiger partial charge is 0.252 e. The van der Waals surface area contributed by atoms with Crippen molar-refractivity contribution in [3.05, 3.63) is 58.6 Å². The van der Waals surface area contributed by atoms with E-state index in [0.717, 1.165) is 5.56 Å². The van der Waals surface area contributed by atoms with Crippen LogP contribution in [0.1, 0.15) is 30.4 Å².